The molecule has 110 valence electrons. The number of rotatable bonds is 7. The van der Waals surface area contributed by atoms with Gasteiger partial charge in [-0.3, -0.25) is 9.59 Å². The Kier molecular flexibility index (Phi) is 7.80. The SMILES string of the molecule is COC(=O)CCNC(=O)CSCc1ccc(Cl)cc1Cl. The van der Waals surface area contributed by atoms with E-state index >= 15 is 0 Å². The normalized spacial score (nSPS) is 10.2. The average Bonchev–Trinajstić information content (AvgIpc) is 2.41. The standard InChI is InChI=1S/C13H15Cl2NO3S/c1-19-13(18)4-5-16-12(17)8-20-7-9-2-3-10(14)6-11(9)15/h2-3,6H,4-5,7-8H2,1H3,(H,16,17). The lowest BCUT2D eigenvalue weighted by molar-refractivity contribution is -0.140. The Balaban J connectivity index is 2.23. The predicted octanol–water partition coefficient (Wildman–Crippen LogP) is 2.91. The minimum atomic E-state index is -0.342. The van der Waals surface area contributed by atoms with Gasteiger partial charge >= 0.3 is 5.97 Å². The number of halogens is 2. The van der Waals surface area contributed by atoms with E-state index in [1.807, 2.05) is 6.07 Å². The number of ether oxygens (including phenoxy) is 1. The first-order valence-corrected chi connectivity index (χ1v) is 7.79. The Morgan fingerprint density at radius 2 is 2.10 bits per heavy atom. The zero-order valence-corrected chi connectivity index (χ0v) is 13.3. The van der Waals surface area contributed by atoms with E-state index in [-0.39, 0.29) is 24.8 Å². The van der Waals surface area contributed by atoms with Crippen LogP contribution in [0.15, 0.2) is 18.2 Å². The number of amides is 1. The summed E-state index contributed by atoms with van der Waals surface area (Å²) in [4.78, 5) is 22.4. The number of hydrogen-bond donors (Lipinski definition) is 1. The van der Waals surface area contributed by atoms with Gasteiger partial charge in [-0.05, 0) is 17.7 Å². The molecule has 0 saturated heterocycles. The second-order valence-corrected chi connectivity index (χ2v) is 5.73. The van der Waals surface area contributed by atoms with Gasteiger partial charge in [-0.25, -0.2) is 0 Å². The highest BCUT2D eigenvalue weighted by Gasteiger charge is 2.06. The molecule has 0 spiro atoms. The molecule has 0 bridgehead atoms. The second kappa shape index (κ2) is 9.10. The van der Waals surface area contributed by atoms with Gasteiger partial charge in [0.15, 0.2) is 0 Å². The molecule has 1 aromatic rings. The highest BCUT2D eigenvalue weighted by atomic mass is 35.5. The van der Waals surface area contributed by atoms with Crippen LogP contribution in [-0.4, -0.2) is 31.3 Å². The summed E-state index contributed by atoms with van der Waals surface area (Å²) in [6.07, 6.45) is 0.177. The van der Waals surface area contributed by atoms with Crippen LogP contribution in [0.3, 0.4) is 0 Å². The van der Waals surface area contributed by atoms with Crippen LogP contribution < -0.4 is 5.32 Å². The van der Waals surface area contributed by atoms with Crippen molar-refractivity contribution < 1.29 is 14.3 Å². The first-order valence-electron chi connectivity index (χ1n) is 5.88. The van der Waals surface area contributed by atoms with Crippen molar-refractivity contribution in [1.82, 2.24) is 5.32 Å². The Hall–Kier alpha value is -0.910. The molecule has 20 heavy (non-hydrogen) atoms. The highest BCUT2D eigenvalue weighted by molar-refractivity contribution is 7.99. The molecule has 1 aromatic carbocycles. The fraction of sp³-hybridized carbons (Fsp3) is 0.385. The highest BCUT2D eigenvalue weighted by Crippen LogP contribution is 2.24. The van der Waals surface area contributed by atoms with Crippen LogP contribution in [0.1, 0.15) is 12.0 Å². The fourth-order valence-electron chi connectivity index (χ4n) is 1.35. The third kappa shape index (κ3) is 6.50. The molecule has 1 N–H and O–H groups in total. The quantitative estimate of drug-likeness (QED) is 0.778. The number of thioether (sulfide) groups is 1. The number of methoxy groups -OCH3 is 1. The predicted molar refractivity (Wildman–Crippen MR) is 82.3 cm³/mol. The van der Waals surface area contributed by atoms with Crippen molar-refractivity contribution in [1.29, 1.82) is 0 Å². The molecule has 0 aliphatic rings. The van der Waals surface area contributed by atoms with Crippen molar-refractivity contribution in [3.8, 4) is 0 Å². The Labute approximate surface area is 132 Å². The molecule has 0 heterocycles. The lowest BCUT2D eigenvalue weighted by Crippen LogP contribution is -2.27. The Morgan fingerprint density at radius 1 is 1.35 bits per heavy atom. The maximum Gasteiger partial charge on any atom is 0.307 e. The van der Waals surface area contributed by atoms with Gasteiger partial charge in [0.25, 0.3) is 0 Å². The molecule has 1 amide bonds. The van der Waals surface area contributed by atoms with Crippen LogP contribution >= 0.6 is 35.0 Å². The Bertz CT molecular complexity index is 483. The van der Waals surface area contributed by atoms with Gasteiger partial charge in [-0.1, -0.05) is 29.3 Å². The second-order valence-electron chi connectivity index (χ2n) is 3.90. The van der Waals surface area contributed by atoms with Crippen molar-refractivity contribution in [2.24, 2.45) is 0 Å². The van der Waals surface area contributed by atoms with Gasteiger partial charge in [-0.2, -0.15) is 0 Å². The summed E-state index contributed by atoms with van der Waals surface area (Å²) in [5.41, 5.74) is 0.934. The molecule has 0 aliphatic carbocycles. The molecular formula is C13H15Cl2NO3S. The van der Waals surface area contributed by atoms with Gasteiger partial charge in [-0.15, -0.1) is 11.8 Å². The van der Waals surface area contributed by atoms with Crippen molar-refractivity contribution in [3.63, 3.8) is 0 Å². The van der Waals surface area contributed by atoms with Crippen LogP contribution in [0.2, 0.25) is 10.0 Å². The van der Waals surface area contributed by atoms with Crippen LogP contribution in [0, 0.1) is 0 Å². The smallest absolute Gasteiger partial charge is 0.307 e. The third-order valence-corrected chi connectivity index (χ3v) is 3.95. The van der Waals surface area contributed by atoms with E-state index in [1.54, 1.807) is 12.1 Å². The zero-order chi connectivity index (χ0) is 15.0. The molecule has 0 aliphatic heterocycles. The number of carbonyl (C=O) groups is 2. The molecule has 0 radical (unpaired) electrons. The molecule has 0 unspecified atom stereocenters. The minimum absolute atomic E-state index is 0.121. The largest absolute Gasteiger partial charge is 0.469 e. The first kappa shape index (κ1) is 17.1. The molecule has 0 aromatic heterocycles. The summed E-state index contributed by atoms with van der Waals surface area (Å²) >= 11 is 13.3. The van der Waals surface area contributed by atoms with Crippen LogP contribution in [0.4, 0.5) is 0 Å². The van der Waals surface area contributed by atoms with Crippen molar-refractivity contribution in [3.05, 3.63) is 33.8 Å². The topological polar surface area (TPSA) is 55.4 Å². The van der Waals surface area contributed by atoms with E-state index < -0.39 is 0 Å². The maximum atomic E-state index is 11.5. The fourth-order valence-corrected chi connectivity index (χ4v) is 2.77. The van der Waals surface area contributed by atoms with E-state index in [2.05, 4.69) is 10.1 Å². The monoisotopic (exact) mass is 335 g/mol. The van der Waals surface area contributed by atoms with Gasteiger partial charge in [0.1, 0.15) is 0 Å². The van der Waals surface area contributed by atoms with Crippen LogP contribution in [-0.2, 0) is 20.1 Å². The van der Waals surface area contributed by atoms with Gasteiger partial charge in [0.05, 0.1) is 19.3 Å². The van der Waals surface area contributed by atoms with Crippen LogP contribution in [0.25, 0.3) is 0 Å². The van der Waals surface area contributed by atoms with E-state index in [1.165, 1.54) is 18.9 Å². The van der Waals surface area contributed by atoms with Crippen molar-refractivity contribution in [2.75, 3.05) is 19.4 Å². The number of carbonyl (C=O) groups excluding carboxylic acids is 2. The van der Waals surface area contributed by atoms with Gasteiger partial charge in [0.2, 0.25) is 5.91 Å². The van der Waals surface area contributed by atoms with Gasteiger partial charge in [0, 0.05) is 22.3 Å². The molecule has 0 fully saturated rings. The summed E-state index contributed by atoms with van der Waals surface area (Å²) in [6, 6.07) is 5.28. The molecule has 1 rings (SSSR count). The number of esters is 1. The van der Waals surface area contributed by atoms with Crippen LogP contribution in [0.5, 0.6) is 0 Å². The molecule has 7 heteroatoms. The minimum Gasteiger partial charge on any atom is -0.469 e. The molecule has 0 saturated carbocycles. The van der Waals surface area contributed by atoms with E-state index in [0.717, 1.165) is 5.56 Å². The van der Waals surface area contributed by atoms with E-state index in [0.29, 0.717) is 21.6 Å². The summed E-state index contributed by atoms with van der Waals surface area (Å²) in [7, 11) is 1.32. The molecule has 0 atom stereocenters. The number of benzene rings is 1. The molecule has 4 nitrogen and oxygen atoms in total. The molecular weight excluding hydrogens is 321 g/mol. The lowest BCUT2D eigenvalue weighted by Gasteiger charge is -2.06. The van der Waals surface area contributed by atoms with Crippen molar-refractivity contribution in [2.45, 2.75) is 12.2 Å². The lowest BCUT2D eigenvalue weighted by atomic mass is 10.2. The van der Waals surface area contributed by atoms with Gasteiger partial charge < -0.3 is 10.1 Å². The number of nitrogens with one attached hydrogen (secondary N) is 1. The summed E-state index contributed by atoms with van der Waals surface area (Å²) < 4.78 is 4.47. The third-order valence-electron chi connectivity index (χ3n) is 2.38. The Morgan fingerprint density at radius 3 is 2.75 bits per heavy atom. The first-order chi connectivity index (χ1) is 9.52. The van der Waals surface area contributed by atoms with E-state index in [4.69, 9.17) is 23.2 Å². The van der Waals surface area contributed by atoms with E-state index in [9.17, 15) is 9.59 Å². The maximum absolute atomic E-state index is 11.5. The average molecular weight is 336 g/mol. The van der Waals surface area contributed by atoms with Crippen molar-refractivity contribution >= 4 is 46.8 Å². The zero-order valence-electron chi connectivity index (χ0n) is 10.9. The summed E-state index contributed by atoms with van der Waals surface area (Å²) in [5, 5.41) is 3.82. The summed E-state index contributed by atoms with van der Waals surface area (Å²) in [6.45, 7) is 0.285. The summed E-state index contributed by atoms with van der Waals surface area (Å²) in [5.74, 6) is 0.468. The number of hydrogen-bond acceptors (Lipinski definition) is 4.